The van der Waals surface area contributed by atoms with Crippen molar-refractivity contribution < 1.29 is 4.39 Å². The van der Waals surface area contributed by atoms with Crippen LogP contribution in [-0.4, -0.2) is 18.6 Å². The van der Waals surface area contributed by atoms with Crippen molar-refractivity contribution in [1.29, 1.82) is 0 Å². The van der Waals surface area contributed by atoms with Crippen LogP contribution in [0.1, 0.15) is 11.1 Å². The Morgan fingerprint density at radius 1 is 1.15 bits per heavy atom. The summed E-state index contributed by atoms with van der Waals surface area (Å²) >= 11 is 3.45. The van der Waals surface area contributed by atoms with Crippen LogP contribution in [0.5, 0.6) is 0 Å². The topological polar surface area (TPSA) is 24.9 Å². The number of benzene rings is 1. The van der Waals surface area contributed by atoms with E-state index in [1.807, 2.05) is 25.4 Å². The standard InChI is InChI=1S/C16H18BrFN2/c1-19-9-13(6-12-2-4-16(18)5-3-12)7-14-8-15(17)11-20-10-14/h2-5,8,10-11,13,19H,6-7,9H2,1H3. The molecule has 0 saturated heterocycles. The van der Waals surface area contributed by atoms with Crippen LogP contribution in [0.2, 0.25) is 0 Å². The van der Waals surface area contributed by atoms with Crippen molar-refractivity contribution >= 4 is 15.9 Å². The lowest BCUT2D eigenvalue weighted by Gasteiger charge is -2.17. The van der Waals surface area contributed by atoms with E-state index in [9.17, 15) is 4.39 Å². The maximum atomic E-state index is 12.9. The molecule has 0 aliphatic heterocycles. The van der Waals surface area contributed by atoms with Gasteiger partial charge >= 0.3 is 0 Å². The Balaban J connectivity index is 2.05. The smallest absolute Gasteiger partial charge is 0.123 e. The monoisotopic (exact) mass is 336 g/mol. The number of nitrogens with zero attached hydrogens (tertiary/aromatic N) is 1. The molecule has 106 valence electrons. The molecule has 0 aliphatic carbocycles. The molecule has 1 aromatic carbocycles. The first-order chi connectivity index (χ1) is 9.67. The third-order valence-electron chi connectivity index (χ3n) is 3.22. The Labute approximate surface area is 127 Å². The number of hydrogen-bond acceptors (Lipinski definition) is 2. The van der Waals surface area contributed by atoms with Crippen molar-refractivity contribution in [1.82, 2.24) is 10.3 Å². The lowest BCUT2D eigenvalue weighted by molar-refractivity contribution is 0.492. The molecule has 0 radical (unpaired) electrons. The second-order valence-corrected chi connectivity index (χ2v) is 5.89. The molecule has 0 spiro atoms. The van der Waals surface area contributed by atoms with Crippen molar-refractivity contribution in [2.75, 3.05) is 13.6 Å². The highest BCUT2D eigenvalue weighted by Gasteiger charge is 2.11. The number of hydrogen-bond donors (Lipinski definition) is 1. The Hall–Kier alpha value is -1.26. The van der Waals surface area contributed by atoms with Crippen molar-refractivity contribution in [3.05, 3.63) is 64.1 Å². The molecule has 0 amide bonds. The minimum absolute atomic E-state index is 0.185. The number of nitrogens with one attached hydrogen (secondary N) is 1. The van der Waals surface area contributed by atoms with Gasteiger partial charge in [-0.1, -0.05) is 12.1 Å². The second kappa shape index (κ2) is 7.50. The molecule has 0 saturated carbocycles. The van der Waals surface area contributed by atoms with Crippen LogP contribution >= 0.6 is 15.9 Å². The minimum atomic E-state index is -0.185. The van der Waals surface area contributed by atoms with Crippen molar-refractivity contribution in [2.45, 2.75) is 12.8 Å². The predicted octanol–water partition coefficient (Wildman–Crippen LogP) is 3.60. The maximum Gasteiger partial charge on any atom is 0.123 e. The summed E-state index contributed by atoms with van der Waals surface area (Å²) in [6, 6.07) is 8.85. The fourth-order valence-electron chi connectivity index (χ4n) is 2.36. The third kappa shape index (κ3) is 4.69. The van der Waals surface area contributed by atoms with Crippen molar-refractivity contribution in [3.8, 4) is 0 Å². The van der Waals surface area contributed by atoms with Gasteiger partial charge in [-0.15, -0.1) is 0 Å². The molecule has 0 fully saturated rings. The van der Waals surface area contributed by atoms with Gasteiger partial charge in [-0.3, -0.25) is 4.98 Å². The maximum absolute atomic E-state index is 12.9. The number of halogens is 2. The van der Waals surface area contributed by atoms with Crippen molar-refractivity contribution in [3.63, 3.8) is 0 Å². The molecule has 4 heteroatoms. The van der Waals surface area contributed by atoms with Gasteiger partial charge in [-0.25, -0.2) is 4.39 Å². The molecule has 1 N–H and O–H groups in total. The van der Waals surface area contributed by atoms with E-state index in [0.29, 0.717) is 5.92 Å². The molecular formula is C16H18BrFN2. The summed E-state index contributed by atoms with van der Waals surface area (Å²) in [5.74, 6) is 0.275. The van der Waals surface area contributed by atoms with E-state index >= 15 is 0 Å². The van der Waals surface area contributed by atoms with Gasteiger partial charge in [-0.05, 0) is 77.6 Å². The summed E-state index contributed by atoms with van der Waals surface area (Å²) in [7, 11) is 1.96. The third-order valence-corrected chi connectivity index (χ3v) is 3.65. The summed E-state index contributed by atoms with van der Waals surface area (Å²) in [6.45, 7) is 0.921. The van der Waals surface area contributed by atoms with Crippen LogP contribution in [-0.2, 0) is 12.8 Å². The molecule has 1 atom stereocenters. The lowest BCUT2D eigenvalue weighted by Crippen LogP contribution is -2.22. The summed E-state index contributed by atoms with van der Waals surface area (Å²) < 4.78 is 13.9. The van der Waals surface area contributed by atoms with Crippen LogP contribution < -0.4 is 5.32 Å². The molecule has 2 aromatic rings. The zero-order chi connectivity index (χ0) is 14.4. The fraction of sp³-hybridized carbons (Fsp3) is 0.312. The quantitative estimate of drug-likeness (QED) is 0.871. The highest BCUT2D eigenvalue weighted by Crippen LogP contribution is 2.17. The number of rotatable bonds is 6. The minimum Gasteiger partial charge on any atom is -0.319 e. The first-order valence-corrected chi connectivity index (χ1v) is 7.45. The summed E-state index contributed by atoms with van der Waals surface area (Å²) in [5, 5.41) is 3.23. The van der Waals surface area contributed by atoms with E-state index in [4.69, 9.17) is 0 Å². The van der Waals surface area contributed by atoms with Gasteiger partial charge in [0.1, 0.15) is 5.82 Å². The first-order valence-electron chi connectivity index (χ1n) is 6.66. The largest absolute Gasteiger partial charge is 0.319 e. The van der Waals surface area contributed by atoms with Gasteiger partial charge in [0.2, 0.25) is 0 Å². The van der Waals surface area contributed by atoms with E-state index < -0.39 is 0 Å². The van der Waals surface area contributed by atoms with Gasteiger partial charge in [0.15, 0.2) is 0 Å². The molecule has 1 unspecified atom stereocenters. The van der Waals surface area contributed by atoms with Gasteiger partial charge in [0, 0.05) is 16.9 Å². The Bertz CT molecular complexity index is 542. The van der Waals surface area contributed by atoms with Crippen LogP contribution in [0.15, 0.2) is 47.2 Å². The van der Waals surface area contributed by atoms with Gasteiger partial charge in [0.25, 0.3) is 0 Å². The van der Waals surface area contributed by atoms with E-state index in [2.05, 4.69) is 32.3 Å². The Kier molecular flexibility index (Phi) is 5.68. The van der Waals surface area contributed by atoms with Crippen LogP contribution in [0.25, 0.3) is 0 Å². The molecule has 20 heavy (non-hydrogen) atoms. The molecule has 0 aliphatic rings. The van der Waals surface area contributed by atoms with Gasteiger partial charge in [0.05, 0.1) is 0 Å². The zero-order valence-corrected chi connectivity index (χ0v) is 13.0. The lowest BCUT2D eigenvalue weighted by atomic mass is 9.93. The molecule has 0 bridgehead atoms. The Morgan fingerprint density at radius 2 is 1.85 bits per heavy atom. The zero-order valence-electron chi connectivity index (χ0n) is 11.4. The van der Waals surface area contributed by atoms with Crippen LogP contribution in [0.3, 0.4) is 0 Å². The number of pyridine rings is 1. The highest BCUT2D eigenvalue weighted by molar-refractivity contribution is 9.10. The Morgan fingerprint density at radius 3 is 2.50 bits per heavy atom. The predicted molar refractivity (Wildman–Crippen MR) is 83.2 cm³/mol. The highest BCUT2D eigenvalue weighted by atomic mass is 79.9. The fourth-order valence-corrected chi connectivity index (χ4v) is 2.77. The van der Waals surface area contributed by atoms with E-state index in [-0.39, 0.29) is 5.82 Å². The van der Waals surface area contributed by atoms with Gasteiger partial charge < -0.3 is 5.32 Å². The molecule has 2 nitrogen and oxygen atoms in total. The SMILES string of the molecule is CNCC(Cc1ccc(F)cc1)Cc1cncc(Br)c1. The van der Waals surface area contributed by atoms with Crippen LogP contribution in [0.4, 0.5) is 4.39 Å². The molecule has 1 heterocycles. The van der Waals surface area contributed by atoms with Crippen LogP contribution in [0, 0.1) is 11.7 Å². The molecule has 2 rings (SSSR count). The van der Waals surface area contributed by atoms with E-state index in [0.717, 1.165) is 29.4 Å². The van der Waals surface area contributed by atoms with E-state index in [1.165, 1.54) is 17.7 Å². The second-order valence-electron chi connectivity index (χ2n) is 4.97. The average Bonchev–Trinajstić information content (AvgIpc) is 2.42. The molecule has 1 aromatic heterocycles. The normalized spacial score (nSPS) is 12.3. The number of aromatic nitrogens is 1. The average molecular weight is 337 g/mol. The van der Waals surface area contributed by atoms with Crippen molar-refractivity contribution in [2.24, 2.45) is 5.92 Å². The first kappa shape index (κ1) is 15.1. The molecular weight excluding hydrogens is 319 g/mol. The summed E-state index contributed by atoms with van der Waals surface area (Å²) in [4.78, 5) is 4.20. The summed E-state index contributed by atoms with van der Waals surface area (Å²) in [5.41, 5.74) is 2.37. The van der Waals surface area contributed by atoms with Gasteiger partial charge in [-0.2, -0.15) is 0 Å². The summed E-state index contributed by atoms with van der Waals surface area (Å²) in [6.07, 6.45) is 5.56. The van der Waals surface area contributed by atoms with E-state index in [1.54, 1.807) is 6.20 Å².